The van der Waals surface area contributed by atoms with E-state index in [1.807, 2.05) is 0 Å². The molecular formula is C25H21N3O7S. The number of benzene rings is 3. The summed E-state index contributed by atoms with van der Waals surface area (Å²) in [7, 11) is -4.28. The van der Waals surface area contributed by atoms with E-state index >= 15 is 0 Å². The molecule has 0 saturated heterocycles. The fourth-order valence-corrected chi connectivity index (χ4v) is 4.95. The normalized spacial score (nSPS) is 12.1. The molecule has 0 aliphatic carbocycles. The van der Waals surface area contributed by atoms with Crippen LogP contribution in [0.4, 0.5) is 5.69 Å². The Morgan fingerprint density at radius 1 is 0.972 bits per heavy atom. The number of rotatable bonds is 8. The van der Waals surface area contributed by atoms with Crippen LogP contribution in [0.15, 0.2) is 94.7 Å². The highest BCUT2D eigenvalue weighted by Crippen LogP contribution is 2.35. The number of non-ortho nitro benzene ring substituents is 1. The molecule has 1 aromatic heterocycles. The fourth-order valence-electron chi connectivity index (χ4n) is 3.43. The molecule has 0 aliphatic rings. The molecule has 0 spiro atoms. The third kappa shape index (κ3) is 4.96. The highest BCUT2D eigenvalue weighted by atomic mass is 32.2. The second kappa shape index (κ2) is 10.0. The van der Waals surface area contributed by atoms with Crippen molar-refractivity contribution >= 4 is 21.5 Å². The number of nitro groups is 1. The summed E-state index contributed by atoms with van der Waals surface area (Å²) in [6.07, 6.45) is -1.07. The summed E-state index contributed by atoms with van der Waals surface area (Å²) in [4.78, 5) is 22.8. The molecule has 0 saturated carbocycles. The molecule has 4 aromatic rings. The lowest BCUT2D eigenvalue weighted by molar-refractivity contribution is -0.384. The van der Waals surface area contributed by atoms with E-state index in [4.69, 9.17) is 9.47 Å². The predicted octanol–water partition coefficient (Wildman–Crippen LogP) is 4.29. The molecule has 1 atom stereocenters. The van der Waals surface area contributed by atoms with Gasteiger partial charge in [-0.25, -0.2) is 13.2 Å². The Labute approximate surface area is 206 Å². The molecule has 10 nitrogen and oxygen atoms in total. The Morgan fingerprint density at radius 3 is 2.14 bits per heavy atom. The highest BCUT2D eigenvalue weighted by Gasteiger charge is 2.33. The number of sulfone groups is 1. The van der Waals surface area contributed by atoms with Crippen molar-refractivity contribution < 1.29 is 27.6 Å². The van der Waals surface area contributed by atoms with Crippen LogP contribution >= 0.6 is 0 Å². The van der Waals surface area contributed by atoms with Crippen LogP contribution in [-0.4, -0.2) is 35.2 Å². The summed E-state index contributed by atoms with van der Waals surface area (Å²) in [5.74, 6) is -0.713. The van der Waals surface area contributed by atoms with Gasteiger partial charge in [-0.3, -0.25) is 10.1 Å². The van der Waals surface area contributed by atoms with Gasteiger partial charge < -0.3 is 9.47 Å². The number of nitro benzene ring substituents is 1. The Balaban J connectivity index is 1.77. The molecule has 0 bridgehead atoms. The van der Waals surface area contributed by atoms with Gasteiger partial charge in [-0.2, -0.15) is 9.78 Å². The van der Waals surface area contributed by atoms with Gasteiger partial charge >= 0.3 is 5.97 Å². The van der Waals surface area contributed by atoms with E-state index in [2.05, 4.69) is 5.10 Å². The van der Waals surface area contributed by atoms with Crippen molar-refractivity contribution in [3.63, 3.8) is 0 Å². The monoisotopic (exact) mass is 507 g/mol. The van der Waals surface area contributed by atoms with Crippen molar-refractivity contribution in [3.8, 4) is 17.3 Å². The van der Waals surface area contributed by atoms with E-state index in [1.165, 1.54) is 18.5 Å². The number of hydrogen-bond acceptors (Lipinski definition) is 8. The van der Waals surface area contributed by atoms with E-state index in [0.29, 0.717) is 11.4 Å². The van der Waals surface area contributed by atoms with Crippen LogP contribution in [0.2, 0.25) is 0 Å². The van der Waals surface area contributed by atoms with Gasteiger partial charge in [-0.15, -0.1) is 0 Å². The lowest BCUT2D eigenvalue weighted by Gasteiger charge is -2.15. The minimum Gasteiger partial charge on any atom is -0.479 e. The summed E-state index contributed by atoms with van der Waals surface area (Å²) in [6.45, 7) is 2.95. The molecule has 0 aliphatic heterocycles. The Bertz CT molecular complexity index is 1500. The number of esters is 1. The van der Waals surface area contributed by atoms with Crippen molar-refractivity contribution in [1.29, 1.82) is 0 Å². The van der Waals surface area contributed by atoms with Crippen molar-refractivity contribution in [2.75, 3.05) is 0 Å². The molecule has 36 heavy (non-hydrogen) atoms. The van der Waals surface area contributed by atoms with Gasteiger partial charge in [0, 0.05) is 12.1 Å². The van der Waals surface area contributed by atoms with Gasteiger partial charge in [-0.1, -0.05) is 36.4 Å². The summed E-state index contributed by atoms with van der Waals surface area (Å²) in [5.41, 5.74) is 0.283. The number of nitrogens with zero attached hydrogens (tertiary/aromatic N) is 3. The van der Waals surface area contributed by atoms with E-state index in [-0.39, 0.29) is 27.1 Å². The van der Waals surface area contributed by atoms with Crippen LogP contribution in [-0.2, 0) is 14.6 Å². The molecule has 0 N–H and O–H groups in total. The molecule has 0 amide bonds. The van der Waals surface area contributed by atoms with Crippen molar-refractivity contribution in [2.24, 2.45) is 0 Å². The summed E-state index contributed by atoms with van der Waals surface area (Å²) in [5, 5.41) is 15.3. The average molecular weight is 508 g/mol. The summed E-state index contributed by atoms with van der Waals surface area (Å²) >= 11 is 0. The molecule has 1 unspecified atom stereocenters. The SMILES string of the molecule is Cc1nn(-c2ccccc2)c(OC(=O)C(C)Oc2ccccc2)c1S(=O)(=O)c1ccc([N+](=O)[O-])cc1. The van der Waals surface area contributed by atoms with Gasteiger partial charge in [0.15, 0.2) is 11.0 Å². The molecule has 11 heteroatoms. The second-order valence-corrected chi connectivity index (χ2v) is 9.60. The Morgan fingerprint density at radius 2 is 1.56 bits per heavy atom. The van der Waals surface area contributed by atoms with Gasteiger partial charge in [0.2, 0.25) is 15.7 Å². The molecule has 0 radical (unpaired) electrons. The zero-order valence-electron chi connectivity index (χ0n) is 19.3. The standard InChI is InChI=1S/C25H21N3O7S/c1-17-23(36(32,33)22-15-13-20(14-16-22)28(30)31)24(27(26-17)19-9-5-3-6-10-19)35-25(29)18(2)34-21-11-7-4-8-12-21/h3-16,18H,1-2H3. The Hall–Kier alpha value is -4.51. The second-order valence-electron chi connectivity index (χ2n) is 7.72. The third-order valence-corrected chi connectivity index (χ3v) is 7.08. The lowest BCUT2D eigenvalue weighted by atomic mass is 10.3. The number of ether oxygens (including phenoxy) is 2. The Kier molecular flexibility index (Phi) is 6.84. The first kappa shape index (κ1) is 24.6. The number of aromatic nitrogens is 2. The zero-order valence-corrected chi connectivity index (χ0v) is 20.1. The minimum absolute atomic E-state index is 0.0802. The van der Waals surface area contributed by atoms with Crippen LogP contribution in [0, 0.1) is 17.0 Å². The number of carbonyl (C=O) groups is 1. The fraction of sp³-hybridized carbons (Fsp3) is 0.120. The first-order chi connectivity index (χ1) is 17.2. The molecule has 1 heterocycles. The summed E-state index contributed by atoms with van der Waals surface area (Å²) in [6, 6.07) is 21.6. The number of aryl methyl sites for hydroxylation is 1. The smallest absolute Gasteiger partial charge is 0.353 e. The molecule has 3 aromatic carbocycles. The number of carbonyl (C=O) groups excluding carboxylic acids is 1. The van der Waals surface area contributed by atoms with Gasteiger partial charge in [0.05, 0.1) is 21.2 Å². The largest absolute Gasteiger partial charge is 0.479 e. The molecule has 0 fully saturated rings. The van der Waals surface area contributed by atoms with E-state index < -0.39 is 26.8 Å². The third-order valence-electron chi connectivity index (χ3n) is 5.18. The number of para-hydroxylation sites is 2. The van der Waals surface area contributed by atoms with Crippen LogP contribution in [0.5, 0.6) is 11.6 Å². The lowest BCUT2D eigenvalue weighted by Crippen LogP contribution is -2.29. The first-order valence-electron chi connectivity index (χ1n) is 10.8. The average Bonchev–Trinajstić information content (AvgIpc) is 3.21. The van der Waals surface area contributed by atoms with E-state index in [1.54, 1.807) is 60.7 Å². The van der Waals surface area contributed by atoms with Crippen LogP contribution in [0.25, 0.3) is 5.69 Å². The molecule has 184 valence electrons. The van der Waals surface area contributed by atoms with Crippen molar-refractivity contribution in [1.82, 2.24) is 9.78 Å². The number of hydrogen-bond donors (Lipinski definition) is 0. The van der Waals surface area contributed by atoms with Crippen molar-refractivity contribution in [2.45, 2.75) is 29.7 Å². The quantitative estimate of drug-likeness (QED) is 0.196. The van der Waals surface area contributed by atoms with Gasteiger partial charge in [0.1, 0.15) is 5.75 Å². The van der Waals surface area contributed by atoms with Gasteiger partial charge in [0.25, 0.3) is 5.69 Å². The van der Waals surface area contributed by atoms with Gasteiger partial charge in [-0.05, 0) is 50.2 Å². The molecule has 4 rings (SSSR count). The van der Waals surface area contributed by atoms with E-state index in [0.717, 1.165) is 24.3 Å². The maximum absolute atomic E-state index is 13.6. The minimum atomic E-state index is -4.28. The topological polar surface area (TPSA) is 131 Å². The summed E-state index contributed by atoms with van der Waals surface area (Å²) < 4.78 is 39.7. The predicted molar refractivity (Wildman–Crippen MR) is 129 cm³/mol. The van der Waals surface area contributed by atoms with Crippen LogP contribution in [0.1, 0.15) is 12.6 Å². The maximum atomic E-state index is 13.6. The van der Waals surface area contributed by atoms with Crippen molar-refractivity contribution in [3.05, 3.63) is 101 Å². The van der Waals surface area contributed by atoms with Crippen LogP contribution in [0.3, 0.4) is 0 Å². The first-order valence-corrected chi connectivity index (χ1v) is 12.2. The van der Waals surface area contributed by atoms with E-state index in [9.17, 15) is 23.3 Å². The highest BCUT2D eigenvalue weighted by molar-refractivity contribution is 7.91. The van der Waals surface area contributed by atoms with Crippen LogP contribution < -0.4 is 9.47 Å². The molecular weight excluding hydrogens is 486 g/mol. The zero-order chi connectivity index (χ0) is 25.9. The maximum Gasteiger partial charge on any atom is 0.353 e.